The van der Waals surface area contributed by atoms with Crippen molar-refractivity contribution in [3.63, 3.8) is 0 Å². The molecule has 0 spiro atoms. The van der Waals surface area contributed by atoms with Crippen LogP contribution in [0.2, 0.25) is 0 Å². The third kappa shape index (κ3) is 4.51. The molecule has 0 bridgehead atoms. The lowest BCUT2D eigenvalue weighted by atomic mass is 9.91. The summed E-state index contributed by atoms with van der Waals surface area (Å²) in [6.45, 7) is 0. The lowest BCUT2D eigenvalue weighted by molar-refractivity contribution is 0.669. The number of thiophene rings is 1. The topological polar surface area (TPSA) is 38.9 Å². The third-order valence-electron chi connectivity index (χ3n) is 10.3. The Labute approximate surface area is 303 Å². The van der Waals surface area contributed by atoms with Crippen LogP contribution in [0.3, 0.4) is 0 Å². The van der Waals surface area contributed by atoms with Gasteiger partial charge in [-0.3, -0.25) is 0 Å². The monoisotopic (exact) mass is 680 g/mol. The molecule has 0 N–H and O–H groups in total. The van der Waals surface area contributed by atoms with Crippen LogP contribution < -0.4 is 0 Å². The van der Waals surface area contributed by atoms with Crippen molar-refractivity contribution in [2.24, 2.45) is 0 Å². The van der Waals surface area contributed by atoms with Crippen LogP contribution in [0.5, 0.6) is 0 Å². The van der Waals surface area contributed by atoms with E-state index in [-0.39, 0.29) is 0 Å². The van der Waals surface area contributed by atoms with Gasteiger partial charge in [0.2, 0.25) is 0 Å². The predicted octanol–water partition coefficient (Wildman–Crippen LogP) is 13.7. The fourth-order valence-electron chi connectivity index (χ4n) is 7.83. The zero-order valence-corrected chi connectivity index (χ0v) is 28.7. The number of fused-ring (bicyclic) bond motifs is 9. The lowest BCUT2D eigenvalue weighted by Gasteiger charge is -2.14. The SMILES string of the molecule is c1ccc(-c2ccc(-c3nc(-c4cc(-c5cc6ccccc6c6ccccc56)cc5oc6ccccc6c45)c4sc5ccccc5c4n3)cc2)cc1. The molecule has 0 unspecified atom stereocenters. The van der Waals surface area contributed by atoms with E-state index < -0.39 is 0 Å². The minimum Gasteiger partial charge on any atom is -0.456 e. The Hall–Kier alpha value is -6.62. The number of hydrogen-bond donors (Lipinski definition) is 0. The number of hydrogen-bond acceptors (Lipinski definition) is 4. The van der Waals surface area contributed by atoms with Gasteiger partial charge in [-0.15, -0.1) is 11.3 Å². The van der Waals surface area contributed by atoms with Crippen molar-refractivity contribution in [1.82, 2.24) is 9.97 Å². The van der Waals surface area contributed by atoms with Gasteiger partial charge in [0.25, 0.3) is 0 Å². The van der Waals surface area contributed by atoms with E-state index >= 15 is 0 Å². The molecule has 0 aliphatic carbocycles. The normalized spacial score (nSPS) is 11.8. The molecule has 11 rings (SSSR count). The Kier molecular flexibility index (Phi) is 6.42. The van der Waals surface area contributed by atoms with Crippen LogP contribution in [0.4, 0.5) is 0 Å². The molecule has 8 aromatic carbocycles. The largest absolute Gasteiger partial charge is 0.456 e. The summed E-state index contributed by atoms with van der Waals surface area (Å²) in [6, 6.07) is 60.2. The Morgan fingerprint density at radius 1 is 0.423 bits per heavy atom. The van der Waals surface area contributed by atoms with Crippen molar-refractivity contribution >= 4 is 75.1 Å². The van der Waals surface area contributed by atoms with E-state index in [4.69, 9.17) is 14.4 Å². The van der Waals surface area contributed by atoms with Crippen LogP contribution in [-0.4, -0.2) is 9.97 Å². The number of para-hydroxylation sites is 1. The molecule has 3 aromatic heterocycles. The standard InChI is InChI=1S/C48H28N2OS/c1-2-12-29(13-3-1)30-22-24-31(25-23-30)48-49-45-38-19-9-11-21-43(38)52-47(45)46(50-48)40-27-33(28-42-44(40)37-18-8-10-20-41(37)51-42)39-26-32-14-4-5-15-34(32)35-16-6-7-17-36(35)39/h1-28H. The molecular weight excluding hydrogens is 653 g/mol. The predicted molar refractivity (Wildman–Crippen MR) is 219 cm³/mol. The number of benzene rings is 8. The molecule has 3 heterocycles. The van der Waals surface area contributed by atoms with Gasteiger partial charge in [-0.05, 0) is 74.1 Å². The molecule has 0 saturated carbocycles. The average Bonchev–Trinajstić information content (AvgIpc) is 3.79. The van der Waals surface area contributed by atoms with Gasteiger partial charge < -0.3 is 4.42 Å². The van der Waals surface area contributed by atoms with E-state index in [2.05, 4.69) is 158 Å². The Morgan fingerprint density at radius 2 is 1.08 bits per heavy atom. The fourth-order valence-corrected chi connectivity index (χ4v) is 8.98. The summed E-state index contributed by atoms with van der Waals surface area (Å²) < 4.78 is 8.93. The van der Waals surface area contributed by atoms with Gasteiger partial charge in [0.05, 0.1) is 15.9 Å². The van der Waals surface area contributed by atoms with E-state index in [0.717, 1.165) is 71.1 Å². The highest BCUT2D eigenvalue weighted by Gasteiger charge is 2.22. The first-order chi connectivity index (χ1) is 25.8. The highest BCUT2D eigenvalue weighted by atomic mass is 32.1. The van der Waals surface area contributed by atoms with Gasteiger partial charge in [0.1, 0.15) is 11.2 Å². The van der Waals surface area contributed by atoms with Crippen LogP contribution in [0.25, 0.3) is 109 Å². The summed E-state index contributed by atoms with van der Waals surface area (Å²) in [6.07, 6.45) is 0. The second kappa shape index (κ2) is 11.5. The van der Waals surface area contributed by atoms with Crippen molar-refractivity contribution in [3.8, 4) is 44.9 Å². The average molecular weight is 681 g/mol. The molecule has 0 radical (unpaired) electrons. The summed E-state index contributed by atoms with van der Waals surface area (Å²) in [5, 5.41) is 8.17. The summed E-state index contributed by atoms with van der Waals surface area (Å²) in [5.41, 5.74) is 10.2. The van der Waals surface area contributed by atoms with Crippen molar-refractivity contribution in [3.05, 3.63) is 170 Å². The maximum atomic E-state index is 6.68. The lowest BCUT2D eigenvalue weighted by Crippen LogP contribution is -1.95. The fraction of sp³-hybridized carbons (Fsp3) is 0. The first-order valence-electron chi connectivity index (χ1n) is 17.5. The third-order valence-corrected chi connectivity index (χ3v) is 11.4. The number of furan rings is 1. The molecule has 0 atom stereocenters. The van der Waals surface area contributed by atoms with Crippen LogP contribution in [0.15, 0.2) is 174 Å². The zero-order chi connectivity index (χ0) is 34.2. The van der Waals surface area contributed by atoms with E-state index in [1.807, 2.05) is 12.1 Å². The number of rotatable bonds is 4. The second-order valence-corrected chi connectivity index (χ2v) is 14.4. The van der Waals surface area contributed by atoms with E-state index in [0.29, 0.717) is 5.82 Å². The number of nitrogens with zero attached hydrogens (tertiary/aromatic N) is 2. The van der Waals surface area contributed by atoms with Gasteiger partial charge >= 0.3 is 0 Å². The maximum absolute atomic E-state index is 6.68. The van der Waals surface area contributed by atoms with Crippen molar-refractivity contribution in [2.75, 3.05) is 0 Å². The van der Waals surface area contributed by atoms with Crippen LogP contribution in [-0.2, 0) is 0 Å². The van der Waals surface area contributed by atoms with Crippen molar-refractivity contribution in [2.45, 2.75) is 0 Å². The summed E-state index contributed by atoms with van der Waals surface area (Å²) in [4.78, 5) is 10.8. The molecule has 4 heteroatoms. The molecule has 0 saturated heterocycles. The van der Waals surface area contributed by atoms with Crippen LogP contribution in [0.1, 0.15) is 0 Å². The molecule has 0 fully saturated rings. The first kappa shape index (κ1) is 29.1. The summed E-state index contributed by atoms with van der Waals surface area (Å²) in [5.74, 6) is 0.702. The summed E-state index contributed by atoms with van der Waals surface area (Å²) >= 11 is 1.75. The molecular formula is C48H28N2OS. The van der Waals surface area contributed by atoms with Gasteiger partial charge in [-0.1, -0.05) is 140 Å². The molecule has 0 aliphatic heterocycles. The highest BCUT2D eigenvalue weighted by Crippen LogP contribution is 2.46. The smallest absolute Gasteiger partial charge is 0.160 e. The Balaban J connectivity index is 1.23. The van der Waals surface area contributed by atoms with Gasteiger partial charge in [-0.2, -0.15) is 0 Å². The Bertz CT molecular complexity index is 3180. The van der Waals surface area contributed by atoms with Crippen molar-refractivity contribution in [1.29, 1.82) is 0 Å². The molecule has 3 nitrogen and oxygen atoms in total. The molecule has 52 heavy (non-hydrogen) atoms. The van der Waals surface area contributed by atoms with E-state index in [1.54, 1.807) is 11.3 Å². The Morgan fingerprint density at radius 3 is 1.92 bits per heavy atom. The number of aromatic nitrogens is 2. The van der Waals surface area contributed by atoms with Gasteiger partial charge in [-0.25, -0.2) is 9.97 Å². The highest BCUT2D eigenvalue weighted by molar-refractivity contribution is 7.26. The molecule has 0 amide bonds. The molecule has 242 valence electrons. The maximum Gasteiger partial charge on any atom is 0.160 e. The quantitative estimate of drug-likeness (QED) is 0.174. The molecule has 11 aromatic rings. The second-order valence-electron chi connectivity index (χ2n) is 13.3. The zero-order valence-electron chi connectivity index (χ0n) is 27.9. The minimum atomic E-state index is 0.702. The van der Waals surface area contributed by atoms with E-state index in [9.17, 15) is 0 Å². The van der Waals surface area contributed by atoms with Gasteiger partial charge in [0.15, 0.2) is 5.82 Å². The minimum absolute atomic E-state index is 0.702. The first-order valence-corrected chi connectivity index (χ1v) is 18.3. The van der Waals surface area contributed by atoms with Crippen LogP contribution in [0, 0.1) is 0 Å². The van der Waals surface area contributed by atoms with Crippen LogP contribution >= 0.6 is 11.3 Å². The van der Waals surface area contributed by atoms with E-state index in [1.165, 1.54) is 31.8 Å². The van der Waals surface area contributed by atoms with Crippen molar-refractivity contribution < 1.29 is 4.42 Å². The van der Waals surface area contributed by atoms with Gasteiger partial charge in [0, 0.05) is 32.0 Å². The molecule has 0 aliphatic rings. The summed E-state index contributed by atoms with van der Waals surface area (Å²) in [7, 11) is 0.